The van der Waals surface area contributed by atoms with E-state index in [0.29, 0.717) is 32.5 Å². The highest BCUT2D eigenvalue weighted by Crippen LogP contribution is 2.28. The molecule has 0 radical (unpaired) electrons. The molecular formula is C23H37NO4. The van der Waals surface area contributed by atoms with Gasteiger partial charge in [-0.15, -0.1) is 0 Å². The largest absolute Gasteiger partial charge is 0.465 e. The van der Waals surface area contributed by atoms with E-state index in [0.717, 1.165) is 11.1 Å². The Morgan fingerprint density at radius 1 is 0.786 bits per heavy atom. The van der Waals surface area contributed by atoms with Gasteiger partial charge in [-0.3, -0.25) is 9.59 Å². The summed E-state index contributed by atoms with van der Waals surface area (Å²) >= 11 is 0. The van der Waals surface area contributed by atoms with Gasteiger partial charge in [-0.2, -0.15) is 0 Å². The van der Waals surface area contributed by atoms with Gasteiger partial charge in [-0.05, 0) is 66.0 Å². The summed E-state index contributed by atoms with van der Waals surface area (Å²) in [5.74, 6) is -0.407. The van der Waals surface area contributed by atoms with Crippen molar-refractivity contribution in [3.63, 3.8) is 0 Å². The number of nitrogens with two attached hydrogens (primary N) is 1. The minimum Gasteiger partial charge on any atom is -0.465 e. The SMILES string of the molecule is CC(C)(N)CC(C)(C)C(=O)OCCc1ccc(CCOC(=O)C(C)(C)C)cc1. The highest BCUT2D eigenvalue weighted by atomic mass is 16.5. The highest BCUT2D eigenvalue weighted by Gasteiger charge is 2.34. The molecule has 0 bridgehead atoms. The molecule has 0 saturated heterocycles. The van der Waals surface area contributed by atoms with Gasteiger partial charge in [-0.1, -0.05) is 24.3 Å². The molecule has 1 aromatic carbocycles. The predicted octanol–water partition coefficient (Wildman–Crippen LogP) is 4.06. The Balaban J connectivity index is 2.41. The lowest BCUT2D eigenvalue weighted by Crippen LogP contribution is -2.41. The summed E-state index contributed by atoms with van der Waals surface area (Å²) in [4.78, 5) is 24.1. The fraction of sp³-hybridized carbons (Fsp3) is 0.652. The van der Waals surface area contributed by atoms with Gasteiger partial charge in [0.15, 0.2) is 0 Å². The van der Waals surface area contributed by atoms with Crippen molar-refractivity contribution in [2.45, 2.75) is 73.3 Å². The van der Waals surface area contributed by atoms with Crippen LogP contribution in [0.15, 0.2) is 24.3 Å². The second-order valence-corrected chi connectivity index (χ2v) is 9.89. The third-order valence-electron chi connectivity index (χ3n) is 4.33. The topological polar surface area (TPSA) is 78.6 Å². The van der Waals surface area contributed by atoms with Crippen LogP contribution >= 0.6 is 0 Å². The van der Waals surface area contributed by atoms with Crippen LogP contribution in [0.4, 0.5) is 0 Å². The monoisotopic (exact) mass is 391 g/mol. The van der Waals surface area contributed by atoms with Crippen LogP contribution in [0.1, 0.15) is 66.0 Å². The summed E-state index contributed by atoms with van der Waals surface area (Å²) < 4.78 is 10.8. The molecule has 28 heavy (non-hydrogen) atoms. The fourth-order valence-corrected chi connectivity index (χ4v) is 3.02. The molecule has 0 fully saturated rings. The van der Waals surface area contributed by atoms with E-state index in [1.807, 2.05) is 72.7 Å². The molecule has 1 rings (SSSR count). The third kappa shape index (κ3) is 8.87. The summed E-state index contributed by atoms with van der Waals surface area (Å²) in [5, 5.41) is 0. The molecule has 2 N–H and O–H groups in total. The molecule has 0 aliphatic heterocycles. The zero-order chi connectivity index (χ0) is 21.6. The van der Waals surface area contributed by atoms with Crippen molar-refractivity contribution in [3.05, 3.63) is 35.4 Å². The fourth-order valence-electron chi connectivity index (χ4n) is 3.02. The Kier molecular flexibility index (Phi) is 8.24. The number of esters is 2. The Morgan fingerprint density at radius 2 is 1.18 bits per heavy atom. The van der Waals surface area contributed by atoms with Gasteiger partial charge < -0.3 is 15.2 Å². The maximum Gasteiger partial charge on any atom is 0.311 e. The second kappa shape index (κ2) is 9.55. The molecule has 1 aromatic rings. The lowest BCUT2D eigenvalue weighted by atomic mass is 9.80. The molecule has 0 spiro atoms. The van der Waals surface area contributed by atoms with Crippen molar-refractivity contribution in [1.29, 1.82) is 0 Å². The van der Waals surface area contributed by atoms with E-state index in [1.54, 1.807) is 0 Å². The van der Waals surface area contributed by atoms with Crippen LogP contribution in [0, 0.1) is 10.8 Å². The molecule has 0 aliphatic rings. The summed E-state index contributed by atoms with van der Waals surface area (Å²) in [6.07, 6.45) is 1.90. The first kappa shape index (κ1) is 24.2. The minimum absolute atomic E-state index is 0.188. The number of hydrogen-bond acceptors (Lipinski definition) is 5. The zero-order valence-corrected chi connectivity index (χ0v) is 18.6. The quantitative estimate of drug-likeness (QED) is 0.642. The van der Waals surface area contributed by atoms with Crippen LogP contribution in [-0.2, 0) is 31.9 Å². The number of rotatable bonds is 9. The molecule has 0 aromatic heterocycles. The maximum absolute atomic E-state index is 12.3. The van der Waals surface area contributed by atoms with E-state index < -0.39 is 16.4 Å². The molecular weight excluding hydrogens is 354 g/mol. The zero-order valence-electron chi connectivity index (χ0n) is 18.6. The average Bonchev–Trinajstić information content (AvgIpc) is 2.53. The smallest absolute Gasteiger partial charge is 0.311 e. The lowest BCUT2D eigenvalue weighted by Gasteiger charge is -2.30. The van der Waals surface area contributed by atoms with Gasteiger partial charge in [0.1, 0.15) is 0 Å². The maximum atomic E-state index is 12.3. The van der Waals surface area contributed by atoms with Crippen molar-refractivity contribution in [2.24, 2.45) is 16.6 Å². The molecule has 0 aliphatic carbocycles. The Bertz CT molecular complexity index is 649. The van der Waals surface area contributed by atoms with E-state index in [1.165, 1.54) is 0 Å². The molecule has 158 valence electrons. The van der Waals surface area contributed by atoms with Gasteiger partial charge in [0.25, 0.3) is 0 Å². The molecule has 5 heteroatoms. The van der Waals surface area contributed by atoms with Crippen LogP contribution < -0.4 is 5.73 Å². The predicted molar refractivity (Wildman–Crippen MR) is 112 cm³/mol. The Hall–Kier alpha value is -1.88. The van der Waals surface area contributed by atoms with Crippen LogP contribution in [-0.4, -0.2) is 30.7 Å². The molecule has 0 atom stereocenters. The van der Waals surface area contributed by atoms with E-state index in [2.05, 4.69) is 0 Å². The van der Waals surface area contributed by atoms with Crippen LogP contribution in [0.25, 0.3) is 0 Å². The number of ether oxygens (including phenoxy) is 2. The molecule has 0 heterocycles. The van der Waals surface area contributed by atoms with Crippen LogP contribution in [0.3, 0.4) is 0 Å². The van der Waals surface area contributed by atoms with Gasteiger partial charge in [-0.25, -0.2) is 0 Å². The number of carbonyl (C=O) groups is 2. The minimum atomic E-state index is -0.605. The summed E-state index contributed by atoms with van der Waals surface area (Å²) in [7, 11) is 0. The van der Waals surface area contributed by atoms with Crippen molar-refractivity contribution in [1.82, 2.24) is 0 Å². The first-order valence-electron chi connectivity index (χ1n) is 9.92. The van der Waals surface area contributed by atoms with E-state index in [9.17, 15) is 9.59 Å². The van der Waals surface area contributed by atoms with Gasteiger partial charge >= 0.3 is 11.9 Å². The standard InChI is InChI=1S/C23H37NO4/c1-21(2,3)19(25)27-14-12-17-8-10-18(11-9-17)13-15-28-20(26)22(4,5)16-23(6,7)24/h8-11H,12-16,24H2,1-7H3. The van der Waals surface area contributed by atoms with Crippen LogP contribution in [0.2, 0.25) is 0 Å². The van der Waals surface area contributed by atoms with Crippen molar-refractivity contribution < 1.29 is 19.1 Å². The van der Waals surface area contributed by atoms with Crippen LogP contribution in [0.5, 0.6) is 0 Å². The first-order valence-corrected chi connectivity index (χ1v) is 9.92. The lowest BCUT2D eigenvalue weighted by molar-refractivity contribution is -0.155. The van der Waals surface area contributed by atoms with E-state index in [4.69, 9.17) is 15.2 Å². The van der Waals surface area contributed by atoms with Crippen molar-refractivity contribution >= 4 is 11.9 Å². The Morgan fingerprint density at radius 3 is 1.54 bits per heavy atom. The normalized spacial score (nSPS) is 12.6. The molecule has 5 nitrogen and oxygen atoms in total. The first-order chi connectivity index (χ1) is 12.7. The Labute approximate surface area is 170 Å². The summed E-state index contributed by atoms with van der Waals surface area (Å²) in [6, 6.07) is 8.07. The van der Waals surface area contributed by atoms with E-state index >= 15 is 0 Å². The molecule has 0 unspecified atom stereocenters. The number of hydrogen-bond donors (Lipinski definition) is 1. The molecule has 0 amide bonds. The second-order valence-electron chi connectivity index (χ2n) is 9.89. The number of benzene rings is 1. The summed E-state index contributed by atoms with van der Waals surface area (Å²) in [6.45, 7) is 13.8. The summed E-state index contributed by atoms with van der Waals surface area (Å²) in [5.41, 5.74) is 6.73. The van der Waals surface area contributed by atoms with Crippen molar-refractivity contribution in [3.8, 4) is 0 Å². The van der Waals surface area contributed by atoms with Gasteiger partial charge in [0, 0.05) is 18.4 Å². The van der Waals surface area contributed by atoms with Gasteiger partial charge in [0.05, 0.1) is 24.0 Å². The highest BCUT2D eigenvalue weighted by molar-refractivity contribution is 5.76. The van der Waals surface area contributed by atoms with E-state index in [-0.39, 0.29) is 11.9 Å². The van der Waals surface area contributed by atoms with Crippen molar-refractivity contribution in [2.75, 3.05) is 13.2 Å². The third-order valence-corrected chi connectivity index (χ3v) is 4.33. The number of carbonyl (C=O) groups excluding carboxylic acids is 2. The van der Waals surface area contributed by atoms with Gasteiger partial charge in [0.2, 0.25) is 0 Å². The molecule has 0 saturated carbocycles. The average molecular weight is 392 g/mol.